The van der Waals surface area contributed by atoms with Gasteiger partial charge in [-0.25, -0.2) is 0 Å². The van der Waals surface area contributed by atoms with Gasteiger partial charge in [-0.1, -0.05) is 60.1 Å². The molecule has 34 heavy (non-hydrogen) atoms. The predicted molar refractivity (Wildman–Crippen MR) is 133 cm³/mol. The van der Waals surface area contributed by atoms with Crippen LogP contribution in [0.25, 0.3) is 0 Å². The minimum Gasteiger partial charge on any atom is -0.325 e. The number of hydrogen-bond acceptors (Lipinski definition) is 4. The van der Waals surface area contributed by atoms with Gasteiger partial charge in [0.15, 0.2) is 11.6 Å². The van der Waals surface area contributed by atoms with Crippen LogP contribution in [0, 0.1) is 56.2 Å². The molecule has 0 heterocycles. The summed E-state index contributed by atoms with van der Waals surface area (Å²) >= 11 is 0. The van der Waals surface area contributed by atoms with Gasteiger partial charge in [-0.15, -0.1) is 0 Å². The fourth-order valence-electron chi connectivity index (χ4n) is 9.67. The molecule has 7 atom stereocenters. The first-order valence-corrected chi connectivity index (χ1v) is 13.3. The van der Waals surface area contributed by atoms with Crippen LogP contribution in [-0.2, 0) is 9.59 Å². The summed E-state index contributed by atoms with van der Waals surface area (Å²) in [6.07, 6.45) is 10.9. The van der Waals surface area contributed by atoms with E-state index in [1.807, 2.05) is 26.0 Å². The second-order valence-corrected chi connectivity index (χ2v) is 14.5. The lowest BCUT2D eigenvalue weighted by molar-refractivity contribution is -0.158. The van der Waals surface area contributed by atoms with E-state index in [1.165, 1.54) is 0 Å². The highest BCUT2D eigenvalue weighted by Crippen LogP contribution is 2.73. The highest BCUT2D eigenvalue weighted by atomic mass is 16.1. The normalized spacial score (nSPS) is 48.9. The van der Waals surface area contributed by atoms with E-state index in [1.54, 1.807) is 0 Å². The van der Waals surface area contributed by atoms with Gasteiger partial charge in [-0.05, 0) is 79.1 Å². The summed E-state index contributed by atoms with van der Waals surface area (Å²) in [5.41, 5.74) is 7.05. The third-order valence-corrected chi connectivity index (χ3v) is 11.9. The van der Waals surface area contributed by atoms with Gasteiger partial charge in [-0.3, -0.25) is 9.59 Å². The Labute approximate surface area is 205 Å². The Balaban J connectivity index is 1.69. The molecule has 4 nitrogen and oxygen atoms in total. The van der Waals surface area contributed by atoms with Crippen molar-refractivity contribution in [3.8, 4) is 6.07 Å². The molecule has 184 valence electrons. The third kappa shape index (κ3) is 2.74. The Morgan fingerprint density at radius 1 is 0.971 bits per heavy atom. The van der Waals surface area contributed by atoms with Crippen LogP contribution in [0.1, 0.15) is 93.4 Å². The molecule has 0 aromatic rings. The van der Waals surface area contributed by atoms with Crippen LogP contribution in [0.15, 0.2) is 23.3 Å². The van der Waals surface area contributed by atoms with Gasteiger partial charge in [0.2, 0.25) is 0 Å². The number of hydrogen-bond donors (Lipinski definition) is 1. The molecule has 0 aromatic heterocycles. The lowest BCUT2D eigenvalue weighted by atomic mass is 9.35. The van der Waals surface area contributed by atoms with E-state index in [-0.39, 0.29) is 56.7 Å². The molecule has 0 amide bonds. The molecule has 5 rings (SSSR count). The molecule has 0 spiro atoms. The quantitative estimate of drug-likeness (QED) is 0.484. The largest absolute Gasteiger partial charge is 0.325 e. The number of ketones is 2. The zero-order valence-electron chi connectivity index (χ0n) is 22.2. The van der Waals surface area contributed by atoms with E-state index in [0.717, 1.165) is 50.5 Å². The average molecular weight is 463 g/mol. The molecule has 3 fully saturated rings. The molecule has 0 saturated heterocycles. The van der Waals surface area contributed by atoms with Crippen molar-refractivity contribution < 1.29 is 9.59 Å². The van der Waals surface area contributed by atoms with Crippen molar-refractivity contribution >= 4 is 11.6 Å². The average Bonchev–Trinajstić information content (AvgIpc) is 2.74. The Hall–Kier alpha value is -1.73. The fourth-order valence-corrected chi connectivity index (χ4v) is 9.67. The number of Topliss-reactive ketones (excluding diaryl/α,β-unsaturated/α-hetero) is 1. The van der Waals surface area contributed by atoms with E-state index in [2.05, 4.69) is 40.7 Å². The second-order valence-electron chi connectivity index (χ2n) is 14.5. The number of fused-ring (bicyclic) bond motifs is 7. The molecule has 0 aromatic carbocycles. The van der Waals surface area contributed by atoms with Crippen molar-refractivity contribution in [1.82, 2.24) is 0 Å². The van der Waals surface area contributed by atoms with E-state index in [9.17, 15) is 14.9 Å². The van der Waals surface area contributed by atoms with E-state index < -0.39 is 10.8 Å². The van der Waals surface area contributed by atoms with Crippen LogP contribution in [0.2, 0.25) is 0 Å². The number of allylic oxidation sites excluding steroid dienone is 4. The van der Waals surface area contributed by atoms with Crippen molar-refractivity contribution in [3.63, 3.8) is 0 Å². The number of carbonyl (C=O) groups is 2. The molecule has 2 unspecified atom stereocenters. The first-order chi connectivity index (χ1) is 15.6. The topological polar surface area (TPSA) is 83.9 Å². The molecule has 0 radical (unpaired) electrons. The van der Waals surface area contributed by atoms with Crippen molar-refractivity contribution in [1.29, 1.82) is 5.26 Å². The summed E-state index contributed by atoms with van der Waals surface area (Å²) in [5.74, 6) is 0.413. The molecule has 0 aliphatic heterocycles. The first kappa shape index (κ1) is 24.0. The summed E-state index contributed by atoms with van der Waals surface area (Å²) in [7, 11) is 0. The van der Waals surface area contributed by atoms with Gasteiger partial charge in [0.25, 0.3) is 0 Å². The van der Waals surface area contributed by atoms with Crippen molar-refractivity contribution in [2.45, 2.75) is 99.0 Å². The van der Waals surface area contributed by atoms with Gasteiger partial charge >= 0.3 is 0 Å². The Morgan fingerprint density at radius 2 is 1.62 bits per heavy atom. The maximum Gasteiger partial charge on any atom is 0.178 e. The molecular weight excluding hydrogens is 420 g/mol. The molecule has 5 aliphatic rings. The lowest BCUT2D eigenvalue weighted by Crippen LogP contribution is -2.68. The highest BCUT2D eigenvalue weighted by molar-refractivity contribution is 6.04. The summed E-state index contributed by atoms with van der Waals surface area (Å²) in [6.45, 7) is 15.6. The molecule has 5 aliphatic carbocycles. The highest BCUT2D eigenvalue weighted by Gasteiger charge is 2.69. The van der Waals surface area contributed by atoms with E-state index in [4.69, 9.17) is 5.73 Å². The van der Waals surface area contributed by atoms with Gasteiger partial charge < -0.3 is 5.73 Å². The number of nitriles is 1. The minimum absolute atomic E-state index is 0.0529. The van der Waals surface area contributed by atoms with Gasteiger partial charge in [0.1, 0.15) is 6.07 Å². The second kappa shape index (κ2) is 6.73. The predicted octanol–water partition coefficient (Wildman–Crippen LogP) is 5.92. The Morgan fingerprint density at radius 3 is 2.26 bits per heavy atom. The molecule has 0 bridgehead atoms. The maximum atomic E-state index is 14.1. The summed E-state index contributed by atoms with van der Waals surface area (Å²) in [6, 6.07) is 2.19. The standard InChI is InChI=1S/C30H42N2O2/c1-25(2)10-12-30(32)13-11-29(7)23(19(30)16-25)20(33)14-22-27(5)15-18(17-31)24(34)26(3,4)21(27)8-9-28(22,29)6/h14-15,19,21,23H,8-13,16,32H2,1-7H3/t19?,21-,23?,27-,28+,29+,30-/m0/s1. The SMILES string of the molecule is CC1(C)CC[C@]2(N)CC[C@]3(C)C(C(=O)C=C4[C@@]5(C)C=C(C#N)C(=O)C(C)(C)[C@@H]5CC[C@]43C)C2C1. The van der Waals surface area contributed by atoms with Crippen LogP contribution in [-0.4, -0.2) is 17.1 Å². The summed E-state index contributed by atoms with van der Waals surface area (Å²) in [5, 5.41) is 9.82. The molecule has 3 saturated carbocycles. The molecule has 4 heteroatoms. The summed E-state index contributed by atoms with van der Waals surface area (Å²) < 4.78 is 0. The monoisotopic (exact) mass is 462 g/mol. The van der Waals surface area contributed by atoms with Crippen LogP contribution < -0.4 is 5.73 Å². The van der Waals surface area contributed by atoms with Crippen molar-refractivity contribution in [2.24, 2.45) is 50.6 Å². The van der Waals surface area contributed by atoms with Crippen LogP contribution >= 0.6 is 0 Å². The Bertz CT molecular complexity index is 1090. The third-order valence-electron chi connectivity index (χ3n) is 11.9. The minimum atomic E-state index is -0.621. The number of carbonyl (C=O) groups excluding carboxylic acids is 2. The van der Waals surface area contributed by atoms with Crippen LogP contribution in [0.5, 0.6) is 0 Å². The zero-order chi connectivity index (χ0) is 25.1. The van der Waals surface area contributed by atoms with Gasteiger partial charge in [0, 0.05) is 22.3 Å². The number of nitrogens with zero attached hydrogens (tertiary/aromatic N) is 1. The van der Waals surface area contributed by atoms with E-state index in [0.29, 0.717) is 0 Å². The van der Waals surface area contributed by atoms with Crippen molar-refractivity contribution in [3.05, 3.63) is 23.3 Å². The maximum absolute atomic E-state index is 14.1. The number of rotatable bonds is 0. The van der Waals surface area contributed by atoms with Crippen LogP contribution in [0.4, 0.5) is 0 Å². The zero-order valence-corrected chi connectivity index (χ0v) is 22.2. The van der Waals surface area contributed by atoms with Gasteiger partial charge in [-0.2, -0.15) is 5.26 Å². The van der Waals surface area contributed by atoms with Crippen LogP contribution in [0.3, 0.4) is 0 Å². The van der Waals surface area contributed by atoms with Crippen molar-refractivity contribution in [2.75, 3.05) is 0 Å². The number of nitrogens with two attached hydrogens (primary N) is 1. The molecule has 2 N–H and O–H groups in total. The fraction of sp³-hybridized carbons (Fsp3) is 0.767. The van der Waals surface area contributed by atoms with E-state index >= 15 is 0 Å². The molecular formula is C30H42N2O2. The smallest absolute Gasteiger partial charge is 0.178 e. The van der Waals surface area contributed by atoms with Gasteiger partial charge in [0.05, 0.1) is 5.57 Å². The lowest BCUT2D eigenvalue weighted by Gasteiger charge is -2.69. The first-order valence-electron chi connectivity index (χ1n) is 13.3. The summed E-state index contributed by atoms with van der Waals surface area (Å²) in [4.78, 5) is 27.3. The Kier molecular flexibility index (Phi) is 4.74.